The van der Waals surface area contributed by atoms with Gasteiger partial charge in [-0.05, 0) is 6.92 Å². The molecule has 0 N–H and O–H groups in total. The number of hydrogen-bond donors (Lipinski definition) is 0. The van der Waals surface area contributed by atoms with Gasteiger partial charge in [0.2, 0.25) is 10.0 Å². The van der Waals surface area contributed by atoms with Crippen LogP contribution in [0.25, 0.3) is 0 Å². The Bertz CT molecular complexity index is 273. The third kappa shape index (κ3) is 3.49. The fourth-order valence-corrected chi connectivity index (χ4v) is 17.7. The van der Waals surface area contributed by atoms with Crippen molar-refractivity contribution in [1.29, 1.82) is 0 Å². The molecule has 0 aliphatic rings. The Labute approximate surface area is 90.7 Å². The number of rotatable bonds is 4. The summed E-state index contributed by atoms with van der Waals surface area (Å²) in [4.78, 5) is 0. The van der Waals surface area contributed by atoms with Crippen LogP contribution in [0, 0.1) is 0 Å². The summed E-state index contributed by atoms with van der Waals surface area (Å²) >= 11 is 0. The van der Waals surface area contributed by atoms with Gasteiger partial charge in [-0.15, -0.1) is 0 Å². The molecule has 0 atom stereocenters. The van der Waals surface area contributed by atoms with Gasteiger partial charge in [-0.2, -0.15) is 0 Å². The van der Waals surface area contributed by atoms with Crippen LogP contribution in [-0.4, -0.2) is 34.3 Å². The molecule has 0 fully saturated rings. The number of sulfonamides is 1. The van der Waals surface area contributed by atoms with E-state index in [4.69, 9.17) is 0 Å². The molecule has 0 spiro atoms. The Balaban J connectivity index is 5.38. The van der Waals surface area contributed by atoms with E-state index in [1.165, 1.54) is 0 Å². The maximum Gasteiger partial charge on any atom is 0.201 e. The van der Waals surface area contributed by atoms with E-state index in [2.05, 4.69) is 39.3 Å². The minimum atomic E-state index is -3.02. The lowest BCUT2D eigenvalue weighted by molar-refractivity contribution is 0.573. The second-order valence-electron chi connectivity index (χ2n) is 5.51. The van der Waals surface area contributed by atoms with Crippen LogP contribution in [-0.2, 0) is 10.0 Å². The van der Waals surface area contributed by atoms with Crippen molar-refractivity contribution in [3.8, 4) is 0 Å². The van der Waals surface area contributed by atoms with Crippen molar-refractivity contribution in [2.45, 2.75) is 46.2 Å². The van der Waals surface area contributed by atoms with Crippen molar-refractivity contribution in [2.75, 3.05) is 5.75 Å². The van der Waals surface area contributed by atoms with Gasteiger partial charge in [0.1, 0.15) is 16.5 Å². The zero-order valence-electron chi connectivity index (χ0n) is 10.4. The van der Waals surface area contributed by atoms with Crippen molar-refractivity contribution >= 4 is 26.5 Å². The smallest absolute Gasteiger partial charge is 0.201 e. The largest absolute Gasteiger partial charge is 0.247 e. The van der Waals surface area contributed by atoms with Crippen LogP contribution in [0.5, 0.6) is 0 Å². The van der Waals surface area contributed by atoms with Crippen molar-refractivity contribution in [3.05, 3.63) is 0 Å². The zero-order valence-corrected chi connectivity index (χ0v) is 13.2. The van der Waals surface area contributed by atoms with E-state index >= 15 is 0 Å². The Hall–Kier alpha value is 0.344. The van der Waals surface area contributed by atoms with Gasteiger partial charge in [0.15, 0.2) is 0 Å². The van der Waals surface area contributed by atoms with Gasteiger partial charge in [0.25, 0.3) is 0 Å². The topological polar surface area (TPSA) is 37.4 Å². The molecule has 0 aliphatic carbocycles. The Morgan fingerprint density at radius 1 is 0.929 bits per heavy atom. The fraction of sp³-hybridized carbons (Fsp3) is 1.00. The summed E-state index contributed by atoms with van der Waals surface area (Å²) in [5, 5.41) is 0. The molecule has 3 nitrogen and oxygen atoms in total. The average molecular weight is 254 g/mol. The maximum absolute atomic E-state index is 12.0. The Kier molecular flexibility index (Phi) is 4.17. The minimum Gasteiger partial charge on any atom is -0.247 e. The first kappa shape index (κ1) is 14.3. The Morgan fingerprint density at radius 3 is 1.29 bits per heavy atom. The van der Waals surface area contributed by atoms with Crippen LogP contribution in [0.2, 0.25) is 39.3 Å². The first-order valence-electron chi connectivity index (χ1n) is 4.96. The van der Waals surface area contributed by atoms with Gasteiger partial charge in [-0.25, -0.2) is 12.1 Å². The lowest BCUT2D eigenvalue weighted by Crippen LogP contribution is -2.61. The van der Waals surface area contributed by atoms with Crippen LogP contribution < -0.4 is 0 Å². The highest BCUT2D eigenvalue weighted by atomic mass is 32.2. The van der Waals surface area contributed by atoms with Crippen molar-refractivity contribution in [2.24, 2.45) is 0 Å². The molecule has 0 rings (SSSR count). The van der Waals surface area contributed by atoms with E-state index in [9.17, 15) is 8.42 Å². The van der Waals surface area contributed by atoms with E-state index in [1.807, 2.05) is 3.64 Å². The molecule has 0 aromatic carbocycles. The van der Waals surface area contributed by atoms with E-state index < -0.39 is 26.5 Å². The van der Waals surface area contributed by atoms with Crippen LogP contribution >= 0.6 is 0 Å². The van der Waals surface area contributed by atoms with E-state index in [0.717, 1.165) is 0 Å². The van der Waals surface area contributed by atoms with E-state index in [1.54, 1.807) is 6.92 Å². The highest BCUT2D eigenvalue weighted by molar-refractivity contribution is 7.92. The second-order valence-corrected chi connectivity index (χ2v) is 18.3. The van der Waals surface area contributed by atoms with Gasteiger partial charge < -0.3 is 0 Å². The highest BCUT2D eigenvalue weighted by Crippen LogP contribution is 2.23. The molecule has 0 aliphatic heterocycles. The van der Waals surface area contributed by atoms with Crippen molar-refractivity contribution < 1.29 is 8.42 Å². The SMILES string of the molecule is CCS(=O)(=O)N([Si](C)(C)C)[Si](C)(C)C. The highest BCUT2D eigenvalue weighted by Gasteiger charge is 2.41. The zero-order chi connectivity index (χ0) is 11.8. The normalized spacial score (nSPS) is 14.9. The predicted octanol–water partition coefficient (Wildman–Crippen LogP) is 2.31. The minimum absolute atomic E-state index is 0.224. The van der Waals surface area contributed by atoms with Crippen LogP contribution in [0.4, 0.5) is 0 Å². The summed E-state index contributed by atoms with van der Waals surface area (Å²) in [5.74, 6) is 0.224. The van der Waals surface area contributed by atoms with Crippen molar-refractivity contribution in [1.82, 2.24) is 3.64 Å². The van der Waals surface area contributed by atoms with Gasteiger partial charge in [0, 0.05) is 0 Å². The molecule has 0 unspecified atom stereocenters. The molecule has 0 amide bonds. The molecular formula is C8H23NO2SSi2. The summed E-state index contributed by atoms with van der Waals surface area (Å²) in [6.45, 7) is 14.3. The van der Waals surface area contributed by atoms with Gasteiger partial charge in [0.05, 0.1) is 5.75 Å². The van der Waals surface area contributed by atoms with Gasteiger partial charge in [-0.1, -0.05) is 39.3 Å². The standard InChI is InChI=1S/C8H23NO2SSi2/c1-8-12(10,11)9(13(2,3)4)14(5,6)7/h8H2,1-7H3. The molecule has 86 valence electrons. The second kappa shape index (κ2) is 4.07. The van der Waals surface area contributed by atoms with E-state index in [-0.39, 0.29) is 5.75 Å². The maximum atomic E-state index is 12.0. The molecule has 14 heavy (non-hydrogen) atoms. The lowest BCUT2D eigenvalue weighted by atomic mass is 11.0. The average Bonchev–Trinajstić information content (AvgIpc) is 1.79. The molecule has 0 saturated heterocycles. The summed E-state index contributed by atoms with van der Waals surface area (Å²) < 4.78 is 25.8. The third-order valence-electron chi connectivity index (χ3n) is 1.86. The van der Waals surface area contributed by atoms with Crippen LogP contribution in [0.3, 0.4) is 0 Å². The fourth-order valence-electron chi connectivity index (χ4n) is 1.97. The summed E-state index contributed by atoms with van der Waals surface area (Å²) in [5.41, 5.74) is 0. The van der Waals surface area contributed by atoms with Crippen molar-refractivity contribution in [3.63, 3.8) is 0 Å². The predicted molar refractivity (Wildman–Crippen MR) is 68.0 cm³/mol. The molecule has 0 heterocycles. The molecule has 0 aromatic rings. The van der Waals surface area contributed by atoms with E-state index in [0.29, 0.717) is 0 Å². The molecule has 0 saturated carbocycles. The summed E-state index contributed by atoms with van der Waals surface area (Å²) in [6.07, 6.45) is 0. The van der Waals surface area contributed by atoms with Crippen LogP contribution in [0.1, 0.15) is 6.92 Å². The quantitative estimate of drug-likeness (QED) is 0.721. The Morgan fingerprint density at radius 2 is 1.21 bits per heavy atom. The van der Waals surface area contributed by atoms with Gasteiger partial charge >= 0.3 is 0 Å². The van der Waals surface area contributed by atoms with Crippen LogP contribution in [0.15, 0.2) is 0 Å². The molecule has 0 bridgehead atoms. The third-order valence-corrected chi connectivity index (χ3v) is 14.6. The monoisotopic (exact) mass is 253 g/mol. The summed E-state index contributed by atoms with van der Waals surface area (Å²) in [7, 11) is -6.56. The lowest BCUT2D eigenvalue weighted by Gasteiger charge is -2.41. The van der Waals surface area contributed by atoms with Gasteiger partial charge in [-0.3, -0.25) is 0 Å². The molecule has 0 aromatic heterocycles. The molecular weight excluding hydrogens is 230 g/mol. The summed E-state index contributed by atoms with van der Waals surface area (Å²) in [6, 6.07) is 0. The number of hydrogen-bond acceptors (Lipinski definition) is 2. The number of nitrogens with zero attached hydrogens (tertiary/aromatic N) is 1. The molecule has 0 radical (unpaired) electrons. The molecule has 6 heteroatoms. The first-order chi connectivity index (χ1) is 5.93. The first-order valence-corrected chi connectivity index (χ1v) is 13.5.